The molecule has 4 rings (SSSR count). The van der Waals surface area contributed by atoms with Crippen molar-refractivity contribution in [2.45, 2.75) is 44.1 Å². The fourth-order valence-electron chi connectivity index (χ4n) is 5.57. The number of carbonyl (C=O) groups is 6. The maximum atomic E-state index is 14.8. The van der Waals surface area contributed by atoms with Crippen LogP contribution in [0.3, 0.4) is 0 Å². The van der Waals surface area contributed by atoms with Gasteiger partial charge in [0.15, 0.2) is 11.7 Å². The Morgan fingerprint density at radius 2 is 1.51 bits per heavy atom. The molecule has 0 spiro atoms. The third kappa shape index (κ3) is 5.98. The fraction of sp³-hybridized carbons (Fsp3) is 0.219. The molecule has 15 nitrogen and oxygen atoms in total. The van der Waals surface area contributed by atoms with Crippen LogP contribution in [0.25, 0.3) is 0 Å². The first-order valence-corrected chi connectivity index (χ1v) is 14.2. The van der Waals surface area contributed by atoms with Gasteiger partial charge in [-0.05, 0) is 49.2 Å². The predicted octanol–water partition coefficient (Wildman–Crippen LogP) is 1.88. The van der Waals surface area contributed by atoms with Gasteiger partial charge in [-0.1, -0.05) is 60.7 Å². The Morgan fingerprint density at radius 1 is 0.957 bits per heavy atom. The van der Waals surface area contributed by atoms with E-state index < -0.39 is 59.2 Å². The molecule has 0 saturated carbocycles. The Labute approximate surface area is 268 Å². The van der Waals surface area contributed by atoms with Crippen molar-refractivity contribution in [2.24, 2.45) is 11.5 Å². The summed E-state index contributed by atoms with van der Waals surface area (Å²) in [6, 6.07) is 18.2. The molecule has 4 amide bonds. The van der Waals surface area contributed by atoms with E-state index in [4.69, 9.17) is 16.9 Å². The van der Waals surface area contributed by atoms with E-state index in [0.717, 1.165) is 11.8 Å². The van der Waals surface area contributed by atoms with E-state index in [2.05, 4.69) is 5.32 Å². The lowest BCUT2D eigenvalue weighted by Gasteiger charge is -2.43. The smallest absolute Gasteiger partial charge is 0.360 e. The maximum Gasteiger partial charge on any atom is 0.360 e. The maximum absolute atomic E-state index is 14.8. The van der Waals surface area contributed by atoms with Gasteiger partial charge in [0.25, 0.3) is 11.6 Å². The Bertz CT molecular complexity index is 1720. The molecular weight excluding hydrogens is 610 g/mol. The molecule has 3 aromatic carbocycles. The molecule has 0 aromatic heterocycles. The van der Waals surface area contributed by atoms with Crippen LogP contribution in [0.1, 0.15) is 31.4 Å². The van der Waals surface area contributed by atoms with Crippen molar-refractivity contribution in [2.75, 3.05) is 10.2 Å². The van der Waals surface area contributed by atoms with E-state index in [1.54, 1.807) is 30.3 Å². The molecule has 0 aliphatic carbocycles. The number of ketones is 1. The van der Waals surface area contributed by atoms with Crippen molar-refractivity contribution in [3.63, 3.8) is 0 Å². The summed E-state index contributed by atoms with van der Waals surface area (Å²) in [7, 11) is 0. The molecule has 3 aromatic rings. The number of hydrogen-bond acceptors (Lipinski definition) is 8. The van der Waals surface area contributed by atoms with E-state index >= 15 is 0 Å². The number of benzene rings is 3. The molecule has 1 aliphatic heterocycles. The number of nitrogens with zero attached hydrogens (tertiary/aromatic N) is 3. The van der Waals surface area contributed by atoms with Crippen LogP contribution < -0.4 is 21.7 Å². The molecule has 1 unspecified atom stereocenters. The predicted molar refractivity (Wildman–Crippen MR) is 169 cm³/mol. The minimum absolute atomic E-state index is 0.200. The molecule has 1 saturated heterocycles. The number of guanidine groups is 1. The summed E-state index contributed by atoms with van der Waals surface area (Å²) in [6.45, 7) is 1.96. The zero-order chi connectivity index (χ0) is 34.7. The second-order valence-corrected chi connectivity index (χ2v) is 10.9. The highest BCUT2D eigenvalue weighted by Crippen LogP contribution is 2.44. The summed E-state index contributed by atoms with van der Waals surface area (Å²) in [5.41, 5.74) is 6.97. The highest BCUT2D eigenvalue weighted by atomic mass is 16.4. The number of amides is 4. The van der Waals surface area contributed by atoms with E-state index in [1.165, 1.54) is 61.5 Å². The first kappa shape index (κ1) is 33.8. The molecule has 8 N–H and O–H groups in total. The summed E-state index contributed by atoms with van der Waals surface area (Å²) in [4.78, 5) is 83.8. The monoisotopic (exact) mass is 643 g/mol. The number of carboxylic acids is 2. The molecule has 3 atom stereocenters. The normalized spacial score (nSPS) is 17.9. The fourth-order valence-corrected chi connectivity index (χ4v) is 5.57. The van der Waals surface area contributed by atoms with Gasteiger partial charge in [-0.2, -0.15) is 0 Å². The van der Waals surface area contributed by atoms with Crippen molar-refractivity contribution in [3.8, 4) is 0 Å². The van der Waals surface area contributed by atoms with E-state index in [0.29, 0.717) is 16.2 Å². The average Bonchev–Trinajstić information content (AvgIpc) is 3.20. The summed E-state index contributed by atoms with van der Waals surface area (Å²) >= 11 is 0. The van der Waals surface area contributed by atoms with Crippen LogP contribution in [-0.2, 0) is 36.1 Å². The number of Topliss-reactive ketones (excluding diaryl/α,β-unsaturated/α-hetero) is 1. The number of anilines is 2. The van der Waals surface area contributed by atoms with Crippen LogP contribution >= 0.6 is 0 Å². The first-order chi connectivity index (χ1) is 22.2. The van der Waals surface area contributed by atoms with Gasteiger partial charge in [-0.15, -0.1) is 0 Å². The molecular formula is C32H33N7O8. The lowest BCUT2D eigenvalue weighted by molar-refractivity contribution is -0.162. The van der Waals surface area contributed by atoms with Crippen molar-refractivity contribution < 1.29 is 39.0 Å². The quantitative estimate of drug-likeness (QED) is 0.0720. The van der Waals surface area contributed by atoms with Crippen molar-refractivity contribution in [1.82, 2.24) is 9.80 Å². The van der Waals surface area contributed by atoms with Gasteiger partial charge in [-0.3, -0.25) is 29.5 Å². The van der Waals surface area contributed by atoms with Crippen LogP contribution in [0, 0.1) is 5.41 Å². The van der Waals surface area contributed by atoms with Crippen molar-refractivity contribution >= 4 is 52.9 Å². The van der Waals surface area contributed by atoms with Gasteiger partial charge in [-0.25, -0.2) is 14.5 Å². The number of para-hydroxylation sites is 1. The van der Waals surface area contributed by atoms with E-state index in [-0.39, 0.29) is 28.7 Å². The van der Waals surface area contributed by atoms with Gasteiger partial charge in [0.1, 0.15) is 5.54 Å². The van der Waals surface area contributed by atoms with E-state index in [1.807, 2.05) is 0 Å². The number of nitrogens with two attached hydrogens (primary N) is 2. The largest absolute Gasteiger partial charge is 0.481 e. The zero-order valence-electron chi connectivity index (χ0n) is 25.4. The molecule has 1 aliphatic rings. The summed E-state index contributed by atoms with van der Waals surface area (Å²) < 4.78 is 0. The highest BCUT2D eigenvalue weighted by Gasteiger charge is 2.69. The number of imide groups is 1. The number of carbonyl (C=O) groups excluding carboxylic acids is 4. The number of hydrogen-bond donors (Lipinski definition) is 6. The molecule has 1 fully saturated rings. The number of carboxylic acid groups (broad SMARTS) is 2. The summed E-state index contributed by atoms with van der Waals surface area (Å²) in [5.74, 6) is -7.70. The molecule has 0 radical (unpaired) electrons. The number of urea groups is 1. The Hall–Kier alpha value is -6.09. The van der Waals surface area contributed by atoms with Gasteiger partial charge >= 0.3 is 18.0 Å². The molecule has 15 heteroatoms. The second-order valence-electron chi connectivity index (χ2n) is 10.9. The van der Waals surface area contributed by atoms with Crippen molar-refractivity contribution in [3.05, 3.63) is 96.1 Å². The molecule has 1 heterocycles. The van der Waals surface area contributed by atoms with Crippen LogP contribution in [0.15, 0.2) is 84.9 Å². The van der Waals surface area contributed by atoms with Crippen LogP contribution in [-0.4, -0.2) is 73.2 Å². The second kappa shape index (κ2) is 13.1. The van der Waals surface area contributed by atoms with Gasteiger partial charge in [0, 0.05) is 17.9 Å². The van der Waals surface area contributed by atoms with E-state index in [9.17, 15) is 39.0 Å². The zero-order valence-corrected chi connectivity index (χ0v) is 25.4. The standard InChI is InChI=1S/C32H33N7O8/c1-19(40)32(28(45)46,38(23-11-7-4-8-12-23)26(43)24(33)17-25(41)42)39-27(44)31(2,21-13-15-22(16-14-21)36-29(34)35)37(30(39)47)18-20-9-5-3-6-10-20/h3-16,24H,17-18,33H2,1-2H3,(H,41,42)(H,45,46)(H4,34,35,36)/t24?,31-,32+/m1/s1. The lowest BCUT2D eigenvalue weighted by atomic mass is 9.88. The number of aliphatic carboxylic acids is 2. The van der Waals surface area contributed by atoms with Crippen LogP contribution in [0.4, 0.5) is 16.2 Å². The Morgan fingerprint density at radius 3 is 2.00 bits per heavy atom. The SMILES string of the molecule is CC(=O)[C@@](C(=O)O)(N1C(=O)N(Cc2ccccc2)[C@](C)(c2ccc(NC(=N)N)cc2)C1=O)N(C(=O)C(N)CC(=O)O)c1ccccc1. The lowest BCUT2D eigenvalue weighted by Crippen LogP contribution is -2.74. The number of nitrogens with one attached hydrogen (secondary N) is 2. The third-order valence-corrected chi connectivity index (χ3v) is 7.87. The van der Waals surface area contributed by atoms with Crippen LogP contribution in [0.2, 0.25) is 0 Å². The minimum atomic E-state index is -3.34. The summed E-state index contributed by atoms with van der Waals surface area (Å²) in [6.07, 6.45) is -0.948. The summed E-state index contributed by atoms with van der Waals surface area (Å²) in [5, 5.41) is 30.3. The first-order valence-electron chi connectivity index (χ1n) is 14.2. The van der Waals surface area contributed by atoms with Crippen LogP contribution in [0.5, 0.6) is 0 Å². The molecule has 47 heavy (non-hydrogen) atoms. The Balaban J connectivity index is 2.01. The van der Waals surface area contributed by atoms with Crippen molar-refractivity contribution in [1.29, 1.82) is 5.41 Å². The van der Waals surface area contributed by atoms with Gasteiger partial charge in [0.2, 0.25) is 5.91 Å². The van der Waals surface area contributed by atoms with Gasteiger partial charge < -0.3 is 31.9 Å². The third-order valence-electron chi connectivity index (χ3n) is 7.87. The highest BCUT2D eigenvalue weighted by molar-refractivity contribution is 6.24. The minimum Gasteiger partial charge on any atom is -0.481 e. The van der Waals surface area contributed by atoms with Gasteiger partial charge in [0.05, 0.1) is 12.5 Å². The Kier molecular flexibility index (Phi) is 9.42. The topological polar surface area (TPSA) is 241 Å². The molecule has 244 valence electrons. The average molecular weight is 644 g/mol. The molecule has 0 bridgehead atoms. The number of rotatable bonds is 12.